The Kier molecular flexibility index (Phi) is 8.19. The zero-order valence-corrected chi connectivity index (χ0v) is 18.3. The number of hydrogen-bond donors (Lipinski definition) is 2. The highest BCUT2D eigenvalue weighted by molar-refractivity contribution is 5.79. The molecule has 6 heteroatoms. The average molecular weight is 404 g/mol. The number of nitrogens with zero attached hydrogens (tertiary/aromatic N) is 1. The van der Waals surface area contributed by atoms with Crippen LogP contribution in [0, 0.1) is 12.3 Å². The lowest BCUT2D eigenvalue weighted by Crippen LogP contribution is -2.40. The van der Waals surface area contributed by atoms with Crippen LogP contribution in [0.15, 0.2) is 23.2 Å². The predicted octanol–water partition coefficient (Wildman–Crippen LogP) is 3.42. The summed E-state index contributed by atoms with van der Waals surface area (Å²) in [6.45, 7) is 8.86. The summed E-state index contributed by atoms with van der Waals surface area (Å²) in [4.78, 5) is 4.39. The number of aliphatic imine (C=N–C) groups is 1. The molecule has 2 N–H and O–H groups in total. The molecule has 0 radical (unpaired) electrons. The smallest absolute Gasteiger partial charge is 0.191 e. The lowest BCUT2D eigenvalue weighted by Gasteiger charge is -2.19. The van der Waals surface area contributed by atoms with Gasteiger partial charge in [0.25, 0.3) is 0 Å². The minimum Gasteiger partial charge on any atom is -0.491 e. The largest absolute Gasteiger partial charge is 0.491 e. The van der Waals surface area contributed by atoms with Crippen molar-refractivity contribution >= 4 is 5.96 Å². The van der Waals surface area contributed by atoms with Gasteiger partial charge in [0.05, 0.1) is 6.10 Å². The van der Waals surface area contributed by atoms with Gasteiger partial charge < -0.3 is 24.8 Å². The van der Waals surface area contributed by atoms with Crippen LogP contribution in [-0.4, -0.2) is 52.1 Å². The molecule has 3 rings (SSSR count). The molecule has 0 amide bonds. The van der Waals surface area contributed by atoms with Gasteiger partial charge in [-0.05, 0) is 63.0 Å². The first-order valence-corrected chi connectivity index (χ1v) is 11.0. The number of nitrogens with one attached hydrogen (secondary N) is 2. The number of benzene rings is 1. The Morgan fingerprint density at radius 3 is 2.86 bits per heavy atom. The maximum Gasteiger partial charge on any atom is 0.191 e. The zero-order chi connectivity index (χ0) is 20.5. The lowest BCUT2D eigenvalue weighted by molar-refractivity contribution is 0.0676. The summed E-state index contributed by atoms with van der Waals surface area (Å²) in [6.07, 6.45) is 6.08. The van der Waals surface area contributed by atoms with Crippen LogP contribution in [-0.2, 0) is 16.0 Å². The van der Waals surface area contributed by atoms with Crippen molar-refractivity contribution in [1.29, 1.82) is 0 Å². The Labute approximate surface area is 175 Å². The van der Waals surface area contributed by atoms with Gasteiger partial charge in [0.15, 0.2) is 5.96 Å². The van der Waals surface area contributed by atoms with Gasteiger partial charge in [-0.15, -0.1) is 0 Å². The van der Waals surface area contributed by atoms with Gasteiger partial charge in [-0.1, -0.05) is 12.1 Å². The summed E-state index contributed by atoms with van der Waals surface area (Å²) in [5.41, 5.74) is 2.71. The van der Waals surface area contributed by atoms with E-state index in [-0.39, 0.29) is 6.10 Å². The number of hydrogen-bond acceptors (Lipinski definition) is 4. The van der Waals surface area contributed by atoms with Crippen LogP contribution >= 0.6 is 0 Å². The second kappa shape index (κ2) is 10.8. The summed E-state index contributed by atoms with van der Waals surface area (Å²) in [6, 6.07) is 6.36. The first-order valence-electron chi connectivity index (χ1n) is 11.0. The highest BCUT2D eigenvalue weighted by atomic mass is 16.5. The molecule has 2 fully saturated rings. The fraction of sp³-hybridized carbons (Fsp3) is 0.696. The van der Waals surface area contributed by atoms with E-state index in [0.29, 0.717) is 18.6 Å². The van der Waals surface area contributed by atoms with Crippen LogP contribution in [0.25, 0.3) is 0 Å². The maximum atomic E-state index is 6.11. The highest BCUT2D eigenvalue weighted by Gasteiger charge is 2.41. The molecule has 1 heterocycles. The van der Waals surface area contributed by atoms with Crippen molar-refractivity contribution in [3.8, 4) is 5.75 Å². The number of aryl methyl sites for hydroxylation is 1. The van der Waals surface area contributed by atoms with Crippen molar-refractivity contribution in [1.82, 2.24) is 10.6 Å². The van der Waals surface area contributed by atoms with Crippen molar-refractivity contribution in [2.24, 2.45) is 10.4 Å². The highest BCUT2D eigenvalue weighted by Crippen LogP contribution is 2.48. The molecule has 0 aromatic heterocycles. The van der Waals surface area contributed by atoms with Gasteiger partial charge in [-0.2, -0.15) is 0 Å². The fourth-order valence-corrected chi connectivity index (χ4v) is 3.70. The molecule has 0 spiro atoms. The van der Waals surface area contributed by atoms with Gasteiger partial charge in [0.2, 0.25) is 0 Å². The third kappa shape index (κ3) is 6.89. The lowest BCUT2D eigenvalue weighted by atomic mass is 10.0. The summed E-state index contributed by atoms with van der Waals surface area (Å²) >= 11 is 0. The van der Waals surface area contributed by atoms with E-state index < -0.39 is 0 Å². The van der Waals surface area contributed by atoms with Crippen LogP contribution in [0.2, 0.25) is 0 Å². The van der Waals surface area contributed by atoms with E-state index >= 15 is 0 Å². The molecule has 1 atom stereocenters. The SMILES string of the molecule is CCOCCC1(CNC(=NC)NCc2ccc(C)cc2OCC2CCCO2)CC1. The van der Waals surface area contributed by atoms with Crippen LogP contribution in [0.3, 0.4) is 0 Å². The van der Waals surface area contributed by atoms with E-state index in [2.05, 4.69) is 40.7 Å². The summed E-state index contributed by atoms with van der Waals surface area (Å²) in [7, 11) is 1.82. The second-order valence-electron chi connectivity index (χ2n) is 8.28. The Balaban J connectivity index is 1.48. The van der Waals surface area contributed by atoms with Gasteiger partial charge >= 0.3 is 0 Å². The van der Waals surface area contributed by atoms with Crippen LogP contribution < -0.4 is 15.4 Å². The van der Waals surface area contributed by atoms with E-state index in [4.69, 9.17) is 14.2 Å². The molecular weight excluding hydrogens is 366 g/mol. The van der Waals surface area contributed by atoms with Crippen LogP contribution in [0.1, 0.15) is 50.2 Å². The first-order chi connectivity index (χ1) is 14.1. The molecule has 1 aromatic carbocycles. The van der Waals surface area contributed by atoms with E-state index in [0.717, 1.165) is 62.9 Å². The van der Waals surface area contributed by atoms with Gasteiger partial charge in [-0.25, -0.2) is 0 Å². The van der Waals surface area contributed by atoms with E-state index in [9.17, 15) is 0 Å². The maximum absolute atomic E-state index is 6.11. The predicted molar refractivity (Wildman–Crippen MR) is 117 cm³/mol. The van der Waals surface area contributed by atoms with E-state index in [1.165, 1.54) is 18.4 Å². The molecule has 1 saturated heterocycles. The van der Waals surface area contributed by atoms with Gasteiger partial charge in [0, 0.05) is 45.5 Å². The summed E-state index contributed by atoms with van der Waals surface area (Å²) in [5, 5.41) is 6.94. The molecular formula is C23H37N3O3. The average Bonchev–Trinajstić information content (AvgIpc) is 3.29. The van der Waals surface area contributed by atoms with Gasteiger partial charge in [0.1, 0.15) is 12.4 Å². The molecule has 1 aromatic rings. The second-order valence-corrected chi connectivity index (χ2v) is 8.28. The van der Waals surface area contributed by atoms with Gasteiger partial charge in [-0.3, -0.25) is 4.99 Å². The zero-order valence-electron chi connectivity index (χ0n) is 18.3. The van der Waals surface area contributed by atoms with Crippen molar-refractivity contribution in [3.63, 3.8) is 0 Å². The first kappa shape index (κ1) is 21.9. The normalized spacial score (nSPS) is 20.5. The number of ether oxygens (including phenoxy) is 3. The van der Waals surface area contributed by atoms with Crippen molar-refractivity contribution < 1.29 is 14.2 Å². The van der Waals surface area contributed by atoms with Crippen molar-refractivity contribution in [2.75, 3.05) is 40.0 Å². The van der Waals surface area contributed by atoms with E-state index in [1.54, 1.807) is 0 Å². The van der Waals surface area contributed by atoms with Crippen LogP contribution in [0.5, 0.6) is 5.75 Å². The standard InChI is InChI=1S/C23H37N3O3/c1-4-27-13-11-23(9-10-23)17-26-22(24-3)25-15-19-8-7-18(2)14-21(19)29-16-20-6-5-12-28-20/h7-8,14,20H,4-6,9-13,15-17H2,1-3H3,(H2,24,25,26). The Hall–Kier alpha value is -1.79. The van der Waals surface area contributed by atoms with E-state index in [1.807, 2.05) is 14.0 Å². The minimum atomic E-state index is 0.220. The molecule has 6 nitrogen and oxygen atoms in total. The number of guanidine groups is 1. The third-order valence-electron chi connectivity index (χ3n) is 5.91. The molecule has 1 saturated carbocycles. The summed E-state index contributed by atoms with van der Waals surface area (Å²) in [5.74, 6) is 1.76. The minimum absolute atomic E-state index is 0.220. The van der Waals surface area contributed by atoms with Crippen LogP contribution in [0.4, 0.5) is 0 Å². The molecule has 1 aliphatic heterocycles. The molecule has 2 aliphatic rings. The van der Waals surface area contributed by atoms with Crippen molar-refractivity contribution in [3.05, 3.63) is 29.3 Å². The molecule has 29 heavy (non-hydrogen) atoms. The number of rotatable bonds is 11. The Morgan fingerprint density at radius 1 is 1.31 bits per heavy atom. The fourth-order valence-electron chi connectivity index (χ4n) is 3.70. The molecule has 162 valence electrons. The Morgan fingerprint density at radius 2 is 2.17 bits per heavy atom. The topological polar surface area (TPSA) is 64.1 Å². The summed E-state index contributed by atoms with van der Waals surface area (Å²) < 4.78 is 17.3. The third-order valence-corrected chi connectivity index (χ3v) is 5.91. The Bertz CT molecular complexity index is 667. The molecule has 1 unspecified atom stereocenters. The molecule has 0 bridgehead atoms. The monoisotopic (exact) mass is 403 g/mol. The molecule has 1 aliphatic carbocycles. The van der Waals surface area contributed by atoms with Crippen molar-refractivity contribution in [2.45, 2.75) is 58.6 Å². The quantitative estimate of drug-likeness (QED) is 0.337.